The molecule has 0 bridgehead atoms. The topological polar surface area (TPSA) is 97.1 Å². The summed E-state index contributed by atoms with van der Waals surface area (Å²) in [5.74, 6) is 2.44. The lowest BCUT2D eigenvalue weighted by molar-refractivity contribution is -0.125. The minimum atomic E-state index is -1.60. The molecule has 3 aromatic rings. The van der Waals surface area contributed by atoms with Crippen LogP contribution >= 0.6 is 0 Å². The molecule has 9 nitrogen and oxygen atoms in total. The molecule has 0 saturated carbocycles. The van der Waals surface area contributed by atoms with Crippen molar-refractivity contribution in [2.24, 2.45) is 11.8 Å². The number of hydrogen-bond acceptors (Lipinski definition) is 7. The normalized spacial score (nSPS) is 20.6. The summed E-state index contributed by atoms with van der Waals surface area (Å²) in [4.78, 5) is 16.7. The quantitative estimate of drug-likeness (QED) is 0.479. The number of carbonyl (C=O) groups is 1. The van der Waals surface area contributed by atoms with Gasteiger partial charge >= 0.3 is 0 Å². The minimum Gasteiger partial charge on any atom is -0.496 e. The number of aromatic nitrogens is 1. The number of nitrogens with one attached hydrogen (secondary N) is 1. The average Bonchev–Trinajstić information content (AvgIpc) is 3.56. The molecule has 2 fully saturated rings. The smallest absolute Gasteiger partial charge is 0.245 e. The van der Waals surface area contributed by atoms with Crippen LogP contribution < -0.4 is 14.2 Å². The standard InChI is InChI=1S/C25H28N4O5S/c1-4-23(30)29-14-17-12-28(13-18(17)15-29)11-16-9-20(33-3)24-21(10-16)34-26-25(24)27-35(31)22-8-6-5-7-19(22)32-2/h4-10,17-18H,1,11-15H2,2-3H3,(H,26,27). The van der Waals surface area contributed by atoms with E-state index in [2.05, 4.69) is 21.4 Å². The van der Waals surface area contributed by atoms with Gasteiger partial charge in [0.2, 0.25) is 5.91 Å². The Balaban J connectivity index is 1.32. The van der Waals surface area contributed by atoms with Gasteiger partial charge < -0.3 is 18.9 Å². The minimum absolute atomic E-state index is 0.0162. The van der Waals surface area contributed by atoms with Gasteiger partial charge in [-0.2, -0.15) is 0 Å². The number of hydrogen-bond donors (Lipinski definition) is 1. The molecule has 1 amide bonds. The highest BCUT2D eigenvalue weighted by Gasteiger charge is 2.41. The SMILES string of the molecule is C=CC(=O)N1CC2CN(Cc3cc(OC)c4c(NS(=O)c5ccccc5OC)noc4c3)CC2C1. The fourth-order valence-corrected chi connectivity index (χ4v) is 6.07. The summed E-state index contributed by atoms with van der Waals surface area (Å²) in [6.45, 7) is 7.79. The third-order valence-corrected chi connectivity index (χ3v) is 7.85. The van der Waals surface area contributed by atoms with Crippen molar-refractivity contribution in [3.63, 3.8) is 0 Å². The number of ether oxygens (including phenoxy) is 2. The number of amides is 1. The zero-order valence-corrected chi connectivity index (χ0v) is 20.5. The number of benzene rings is 2. The van der Waals surface area contributed by atoms with Crippen LogP contribution in [-0.2, 0) is 22.3 Å². The van der Waals surface area contributed by atoms with Gasteiger partial charge in [-0.25, -0.2) is 4.21 Å². The van der Waals surface area contributed by atoms with Gasteiger partial charge in [0.25, 0.3) is 0 Å². The van der Waals surface area contributed by atoms with Crippen LogP contribution in [-0.4, -0.2) is 65.5 Å². The Kier molecular flexibility index (Phi) is 6.48. The van der Waals surface area contributed by atoms with E-state index >= 15 is 0 Å². The van der Waals surface area contributed by atoms with Crippen molar-refractivity contribution in [1.82, 2.24) is 15.0 Å². The molecule has 35 heavy (non-hydrogen) atoms. The van der Waals surface area contributed by atoms with E-state index in [0.717, 1.165) is 38.3 Å². The molecule has 1 N–H and O–H groups in total. The molecule has 0 spiro atoms. The molecule has 2 aromatic carbocycles. The number of likely N-dealkylation sites (tertiary alicyclic amines) is 2. The summed E-state index contributed by atoms with van der Waals surface area (Å²) in [6, 6.07) is 11.0. The first kappa shape index (κ1) is 23.4. The summed E-state index contributed by atoms with van der Waals surface area (Å²) in [7, 11) is 1.53. The van der Waals surface area contributed by atoms with Crippen molar-refractivity contribution >= 4 is 33.7 Å². The third kappa shape index (κ3) is 4.51. The largest absolute Gasteiger partial charge is 0.496 e. The maximum absolute atomic E-state index is 13.0. The number of methoxy groups -OCH3 is 2. The predicted octanol–water partition coefficient (Wildman–Crippen LogP) is 3.06. The van der Waals surface area contributed by atoms with Gasteiger partial charge in [0.15, 0.2) is 22.4 Å². The van der Waals surface area contributed by atoms with Gasteiger partial charge in [0, 0.05) is 32.7 Å². The summed E-state index contributed by atoms with van der Waals surface area (Å²) in [5.41, 5.74) is 1.60. The Morgan fingerprint density at radius 2 is 1.89 bits per heavy atom. The average molecular weight is 497 g/mol. The van der Waals surface area contributed by atoms with Crippen molar-refractivity contribution in [2.75, 3.05) is 45.1 Å². The van der Waals surface area contributed by atoms with Gasteiger partial charge in [0.1, 0.15) is 21.8 Å². The molecule has 5 rings (SSSR count). The summed E-state index contributed by atoms with van der Waals surface area (Å²) in [6.07, 6.45) is 1.40. The lowest BCUT2D eigenvalue weighted by atomic mass is 10.0. The van der Waals surface area contributed by atoms with Gasteiger partial charge in [-0.05, 0) is 47.7 Å². The van der Waals surface area contributed by atoms with Gasteiger partial charge in [0.05, 0.1) is 14.2 Å². The maximum atomic E-state index is 13.0. The first-order valence-corrected chi connectivity index (χ1v) is 12.6. The lowest BCUT2D eigenvalue weighted by Crippen LogP contribution is -2.31. The lowest BCUT2D eigenvalue weighted by Gasteiger charge is -2.21. The van der Waals surface area contributed by atoms with Crippen LogP contribution in [0.4, 0.5) is 5.82 Å². The first-order chi connectivity index (χ1) is 17.0. The zero-order valence-electron chi connectivity index (χ0n) is 19.7. The van der Waals surface area contributed by atoms with E-state index in [1.807, 2.05) is 23.1 Å². The first-order valence-electron chi connectivity index (χ1n) is 11.4. The Hall–Kier alpha value is -3.37. The van der Waals surface area contributed by atoms with Crippen LogP contribution in [0.2, 0.25) is 0 Å². The van der Waals surface area contributed by atoms with Crippen molar-refractivity contribution in [2.45, 2.75) is 11.4 Å². The molecule has 3 atom stereocenters. The number of anilines is 1. The molecule has 184 valence electrons. The van der Waals surface area contributed by atoms with Crippen molar-refractivity contribution in [3.05, 3.63) is 54.6 Å². The molecule has 0 aliphatic carbocycles. The van der Waals surface area contributed by atoms with Crippen molar-refractivity contribution in [3.8, 4) is 11.5 Å². The van der Waals surface area contributed by atoms with E-state index in [9.17, 15) is 9.00 Å². The number of carbonyl (C=O) groups excluding carboxylic acids is 1. The predicted molar refractivity (Wildman–Crippen MR) is 133 cm³/mol. The van der Waals surface area contributed by atoms with Gasteiger partial charge in [-0.1, -0.05) is 23.9 Å². The molecule has 1 aromatic heterocycles. The van der Waals surface area contributed by atoms with Crippen LogP contribution in [0.3, 0.4) is 0 Å². The van der Waals surface area contributed by atoms with E-state index < -0.39 is 11.0 Å². The Labute approximate surface area is 206 Å². The molecular formula is C25H28N4O5S. The van der Waals surface area contributed by atoms with E-state index in [1.54, 1.807) is 25.3 Å². The highest BCUT2D eigenvalue weighted by Crippen LogP contribution is 2.37. The van der Waals surface area contributed by atoms with E-state index in [4.69, 9.17) is 14.0 Å². The monoisotopic (exact) mass is 496 g/mol. The molecule has 2 aliphatic rings. The Morgan fingerprint density at radius 1 is 1.17 bits per heavy atom. The van der Waals surface area contributed by atoms with Crippen LogP contribution in [0.15, 0.2) is 58.5 Å². The van der Waals surface area contributed by atoms with Crippen molar-refractivity contribution < 1.29 is 23.0 Å². The molecular weight excluding hydrogens is 468 g/mol. The molecule has 3 unspecified atom stereocenters. The number of para-hydroxylation sites is 1. The molecule has 2 saturated heterocycles. The number of rotatable bonds is 8. The van der Waals surface area contributed by atoms with Gasteiger partial charge in [-0.15, -0.1) is 0 Å². The Bertz CT molecular complexity index is 1280. The summed E-state index contributed by atoms with van der Waals surface area (Å²) >= 11 is 0. The number of fused-ring (bicyclic) bond motifs is 2. The van der Waals surface area contributed by atoms with E-state index in [0.29, 0.717) is 45.0 Å². The molecule has 10 heteroatoms. The molecule has 2 aliphatic heterocycles. The third-order valence-electron chi connectivity index (χ3n) is 6.73. The van der Waals surface area contributed by atoms with E-state index in [1.165, 1.54) is 13.2 Å². The number of nitrogens with zero attached hydrogens (tertiary/aromatic N) is 3. The second-order valence-electron chi connectivity index (χ2n) is 8.89. The fraction of sp³-hybridized carbons (Fsp3) is 0.360. The van der Waals surface area contributed by atoms with Crippen LogP contribution in [0, 0.1) is 11.8 Å². The summed E-state index contributed by atoms with van der Waals surface area (Å²) < 4.78 is 32.5. The Morgan fingerprint density at radius 3 is 2.57 bits per heavy atom. The summed E-state index contributed by atoms with van der Waals surface area (Å²) in [5, 5.41) is 4.75. The highest BCUT2D eigenvalue weighted by molar-refractivity contribution is 7.86. The molecule has 0 radical (unpaired) electrons. The van der Waals surface area contributed by atoms with Gasteiger partial charge in [-0.3, -0.25) is 14.4 Å². The highest BCUT2D eigenvalue weighted by atomic mass is 32.2. The maximum Gasteiger partial charge on any atom is 0.245 e. The second-order valence-corrected chi connectivity index (χ2v) is 10.1. The van der Waals surface area contributed by atoms with Crippen LogP contribution in [0.25, 0.3) is 11.0 Å². The van der Waals surface area contributed by atoms with Crippen LogP contribution in [0.5, 0.6) is 11.5 Å². The molecule has 3 heterocycles. The van der Waals surface area contributed by atoms with E-state index in [-0.39, 0.29) is 5.91 Å². The van der Waals surface area contributed by atoms with Crippen molar-refractivity contribution in [1.29, 1.82) is 0 Å². The fourth-order valence-electron chi connectivity index (χ4n) is 5.11. The second kappa shape index (κ2) is 9.71. The van der Waals surface area contributed by atoms with Crippen LogP contribution in [0.1, 0.15) is 5.56 Å². The zero-order chi connectivity index (χ0) is 24.5.